The summed E-state index contributed by atoms with van der Waals surface area (Å²) in [4.78, 5) is 13.0. The Bertz CT molecular complexity index is 798. The summed E-state index contributed by atoms with van der Waals surface area (Å²) in [5, 5.41) is 3.51. The van der Waals surface area contributed by atoms with Crippen LogP contribution in [0.2, 0.25) is 0 Å². The van der Waals surface area contributed by atoms with Crippen molar-refractivity contribution in [2.24, 2.45) is 0 Å². The van der Waals surface area contributed by atoms with E-state index in [4.69, 9.17) is 14.2 Å². The van der Waals surface area contributed by atoms with Crippen molar-refractivity contribution in [1.29, 1.82) is 0 Å². The van der Waals surface area contributed by atoms with Gasteiger partial charge in [0.2, 0.25) is 0 Å². The van der Waals surface area contributed by atoms with Gasteiger partial charge in [0.15, 0.2) is 0 Å². The maximum Gasteiger partial charge on any atom is 0.347 e. The van der Waals surface area contributed by atoms with Crippen molar-refractivity contribution in [2.45, 2.75) is 45.6 Å². The minimum absolute atomic E-state index is 0.210. The second-order valence-electron chi connectivity index (χ2n) is 7.05. The van der Waals surface area contributed by atoms with Crippen LogP contribution >= 0.6 is 0 Å². The molecule has 0 aromatic heterocycles. The van der Waals surface area contributed by atoms with E-state index in [9.17, 15) is 4.79 Å². The average Bonchev–Trinajstić information content (AvgIpc) is 3.23. The first-order valence-corrected chi connectivity index (χ1v) is 10.0. The van der Waals surface area contributed by atoms with Crippen LogP contribution in [0.4, 0.5) is 0 Å². The fourth-order valence-corrected chi connectivity index (χ4v) is 3.61. The van der Waals surface area contributed by atoms with Crippen molar-refractivity contribution in [3.8, 4) is 17.2 Å². The highest BCUT2D eigenvalue weighted by atomic mass is 16.5. The largest absolute Gasteiger partial charge is 0.496 e. The fraction of sp³-hybridized carbons (Fsp3) is 0.435. The highest BCUT2D eigenvalue weighted by molar-refractivity contribution is 5.96. The fourth-order valence-electron chi connectivity index (χ4n) is 3.61. The maximum atomic E-state index is 13.0. The van der Waals surface area contributed by atoms with Crippen LogP contribution in [0.25, 0.3) is 0 Å². The van der Waals surface area contributed by atoms with Gasteiger partial charge in [0, 0.05) is 17.2 Å². The Hall–Kier alpha value is -2.53. The molecule has 1 atom stereocenters. The Balaban J connectivity index is 2.00. The summed E-state index contributed by atoms with van der Waals surface area (Å²) in [6.07, 6.45) is 4.11. The zero-order chi connectivity index (χ0) is 19.9. The van der Waals surface area contributed by atoms with Crippen molar-refractivity contribution in [2.75, 3.05) is 20.3 Å². The Kier molecular flexibility index (Phi) is 6.93. The van der Waals surface area contributed by atoms with Crippen LogP contribution in [-0.4, -0.2) is 26.2 Å². The van der Waals surface area contributed by atoms with Crippen LogP contribution in [0.5, 0.6) is 17.2 Å². The summed E-state index contributed by atoms with van der Waals surface area (Å²) in [5.41, 5.74) is 2.22. The number of ether oxygens (including phenoxy) is 3. The number of methoxy groups -OCH3 is 1. The molecule has 1 saturated heterocycles. The summed E-state index contributed by atoms with van der Waals surface area (Å²) in [6.45, 7) is 5.55. The minimum atomic E-state index is -0.431. The number of esters is 1. The number of carbonyl (C=O) groups excluding carboxylic acids is 1. The Morgan fingerprint density at radius 2 is 2.04 bits per heavy atom. The topological polar surface area (TPSA) is 56.8 Å². The predicted molar refractivity (Wildman–Crippen MR) is 110 cm³/mol. The van der Waals surface area contributed by atoms with Crippen molar-refractivity contribution in [3.05, 3.63) is 53.1 Å². The summed E-state index contributed by atoms with van der Waals surface area (Å²) in [6, 6.07) is 11.2. The van der Waals surface area contributed by atoms with Gasteiger partial charge in [0.1, 0.15) is 22.8 Å². The molecular formula is C23H29NO4. The van der Waals surface area contributed by atoms with E-state index in [0.29, 0.717) is 23.7 Å². The number of nitrogens with one attached hydrogen (secondary N) is 1. The van der Waals surface area contributed by atoms with Crippen molar-refractivity contribution in [1.82, 2.24) is 5.32 Å². The molecule has 5 nitrogen and oxygen atoms in total. The molecule has 1 aliphatic heterocycles. The van der Waals surface area contributed by atoms with E-state index in [1.807, 2.05) is 31.2 Å². The molecule has 150 valence electrons. The van der Waals surface area contributed by atoms with Crippen LogP contribution < -0.4 is 19.5 Å². The van der Waals surface area contributed by atoms with E-state index in [0.717, 1.165) is 49.1 Å². The molecule has 0 unspecified atom stereocenters. The van der Waals surface area contributed by atoms with Crippen molar-refractivity contribution < 1.29 is 19.0 Å². The van der Waals surface area contributed by atoms with Crippen LogP contribution in [0.1, 0.15) is 60.1 Å². The molecule has 0 radical (unpaired) electrons. The number of rotatable bonds is 8. The van der Waals surface area contributed by atoms with Crippen LogP contribution in [0.3, 0.4) is 0 Å². The lowest BCUT2D eigenvalue weighted by atomic mass is 9.96. The molecule has 0 amide bonds. The van der Waals surface area contributed by atoms with Crippen LogP contribution in [0, 0.1) is 6.92 Å². The average molecular weight is 383 g/mol. The number of hydrogen-bond acceptors (Lipinski definition) is 5. The molecule has 5 heteroatoms. The zero-order valence-electron chi connectivity index (χ0n) is 16.9. The second-order valence-corrected chi connectivity index (χ2v) is 7.05. The zero-order valence-corrected chi connectivity index (χ0v) is 16.9. The van der Waals surface area contributed by atoms with Gasteiger partial charge in [-0.2, -0.15) is 0 Å². The third-order valence-corrected chi connectivity index (χ3v) is 5.06. The molecule has 2 aromatic carbocycles. The summed E-state index contributed by atoms with van der Waals surface area (Å²) >= 11 is 0. The van der Waals surface area contributed by atoms with Crippen molar-refractivity contribution in [3.63, 3.8) is 0 Å². The SMILES string of the molecule is CCCCOc1cc([C@@H]2CCCN2)c(OC)c(C)c1C(=O)Oc1ccccc1. The normalized spacial score (nSPS) is 16.0. The minimum Gasteiger partial charge on any atom is -0.496 e. The molecule has 1 aliphatic rings. The van der Waals surface area contributed by atoms with Gasteiger partial charge >= 0.3 is 5.97 Å². The summed E-state index contributed by atoms with van der Waals surface area (Å²) in [5.74, 6) is 1.37. The number of carbonyl (C=O) groups is 1. The molecule has 0 bridgehead atoms. The van der Waals surface area contributed by atoms with Gasteiger partial charge in [0.25, 0.3) is 0 Å². The van der Waals surface area contributed by atoms with E-state index in [-0.39, 0.29) is 6.04 Å². The molecular weight excluding hydrogens is 354 g/mol. The van der Waals surface area contributed by atoms with Gasteiger partial charge in [-0.1, -0.05) is 31.5 Å². The summed E-state index contributed by atoms with van der Waals surface area (Å²) in [7, 11) is 1.64. The molecule has 1 heterocycles. The number of benzene rings is 2. The van der Waals surface area contributed by atoms with E-state index < -0.39 is 5.97 Å². The molecule has 0 aliphatic carbocycles. The maximum absolute atomic E-state index is 13.0. The van der Waals surface area contributed by atoms with Gasteiger partial charge in [0.05, 0.1) is 13.7 Å². The van der Waals surface area contributed by atoms with E-state index in [2.05, 4.69) is 12.2 Å². The van der Waals surface area contributed by atoms with Crippen LogP contribution in [0.15, 0.2) is 36.4 Å². The third kappa shape index (κ3) is 4.47. The van der Waals surface area contributed by atoms with Gasteiger partial charge in [-0.15, -0.1) is 0 Å². The molecule has 1 N–H and O–H groups in total. The standard InChI is InChI=1S/C23H29NO4/c1-4-5-14-27-20-15-18(19-12-9-13-24-19)22(26-3)16(2)21(20)23(25)28-17-10-7-6-8-11-17/h6-8,10-11,15,19,24H,4-5,9,12-14H2,1-3H3/t19-/m0/s1. The predicted octanol–water partition coefficient (Wildman–Crippen LogP) is 4.83. The van der Waals surface area contributed by atoms with E-state index >= 15 is 0 Å². The number of unbranched alkanes of at least 4 members (excludes halogenated alkanes) is 1. The molecule has 1 fully saturated rings. The highest BCUT2D eigenvalue weighted by Gasteiger charge is 2.28. The van der Waals surface area contributed by atoms with E-state index in [1.54, 1.807) is 19.2 Å². The first-order chi connectivity index (χ1) is 13.7. The van der Waals surface area contributed by atoms with E-state index in [1.165, 1.54) is 0 Å². The lowest BCUT2D eigenvalue weighted by Crippen LogP contribution is -2.18. The molecule has 0 saturated carbocycles. The lowest BCUT2D eigenvalue weighted by molar-refractivity contribution is 0.0728. The lowest BCUT2D eigenvalue weighted by Gasteiger charge is -2.22. The Labute approximate surface area is 167 Å². The molecule has 3 rings (SSSR count). The molecule has 0 spiro atoms. The number of para-hydroxylation sites is 1. The van der Waals surface area contributed by atoms with Gasteiger partial charge in [-0.05, 0) is 50.9 Å². The molecule has 28 heavy (non-hydrogen) atoms. The van der Waals surface area contributed by atoms with Gasteiger partial charge in [-0.3, -0.25) is 0 Å². The first kappa shape index (κ1) is 20.2. The smallest absolute Gasteiger partial charge is 0.347 e. The highest BCUT2D eigenvalue weighted by Crippen LogP contribution is 2.40. The monoisotopic (exact) mass is 383 g/mol. The third-order valence-electron chi connectivity index (χ3n) is 5.06. The Morgan fingerprint density at radius 3 is 2.68 bits per heavy atom. The quantitative estimate of drug-likeness (QED) is 0.402. The second kappa shape index (κ2) is 9.60. The van der Waals surface area contributed by atoms with Crippen LogP contribution in [-0.2, 0) is 0 Å². The first-order valence-electron chi connectivity index (χ1n) is 10.0. The summed E-state index contributed by atoms with van der Waals surface area (Å²) < 4.78 is 17.3. The van der Waals surface area contributed by atoms with Gasteiger partial charge in [-0.25, -0.2) is 4.79 Å². The van der Waals surface area contributed by atoms with Crippen molar-refractivity contribution >= 4 is 5.97 Å². The Morgan fingerprint density at radius 1 is 1.25 bits per heavy atom. The molecule has 2 aromatic rings. The van der Waals surface area contributed by atoms with Gasteiger partial charge < -0.3 is 19.5 Å². The number of hydrogen-bond donors (Lipinski definition) is 1.